The molecule has 0 aliphatic heterocycles. The summed E-state index contributed by atoms with van der Waals surface area (Å²) in [6, 6.07) is 17.1. The fraction of sp³-hybridized carbons (Fsp3) is 0.118. The highest BCUT2D eigenvalue weighted by molar-refractivity contribution is 6.06. The molecule has 1 N–H and O–H groups in total. The number of esters is 1. The van der Waals surface area contributed by atoms with Gasteiger partial charge in [0.2, 0.25) is 5.88 Å². The van der Waals surface area contributed by atoms with Gasteiger partial charge in [-0.05, 0) is 11.6 Å². The maximum Gasteiger partial charge on any atom is 0.344 e. The normalized spacial score (nSPS) is 10.5. The number of rotatable bonds is 4. The van der Waals surface area contributed by atoms with Crippen molar-refractivity contribution in [1.29, 1.82) is 0 Å². The zero-order valence-electron chi connectivity index (χ0n) is 11.6. The Morgan fingerprint density at radius 2 is 1.76 bits per heavy atom. The molecule has 0 aliphatic carbocycles. The highest BCUT2D eigenvalue weighted by Gasteiger charge is 2.20. The first-order valence-corrected chi connectivity index (χ1v) is 6.65. The van der Waals surface area contributed by atoms with Crippen molar-refractivity contribution >= 4 is 16.9 Å². The Labute approximate surface area is 122 Å². The highest BCUT2D eigenvalue weighted by atomic mass is 16.5. The number of carbonyl (C=O) groups is 1. The van der Waals surface area contributed by atoms with Crippen molar-refractivity contribution in [3.8, 4) is 5.88 Å². The zero-order valence-corrected chi connectivity index (χ0v) is 11.6. The molecule has 21 heavy (non-hydrogen) atoms. The number of carbonyl (C=O) groups excluding carboxylic acids is 1. The van der Waals surface area contributed by atoms with Gasteiger partial charge in [-0.3, -0.25) is 0 Å². The van der Waals surface area contributed by atoms with Crippen LogP contribution in [0.15, 0.2) is 54.6 Å². The number of aromatic nitrogens is 1. The van der Waals surface area contributed by atoms with Gasteiger partial charge in [0.1, 0.15) is 12.2 Å². The number of nitrogens with one attached hydrogen (secondary N) is 1. The molecule has 106 valence electrons. The maximum atomic E-state index is 12.4. The molecular weight excluding hydrogens is 266 g/mol. The molecule has 1 aromatic heterocycles. The van der Waals surface area contributed by atoms with Crippen LogP contribution in [0.2, 0.25) is 0 Å². The van der Waals surface area contributed by atoms with Crippen molar-refractivity contribution in [2.75, 3.05) is 7.11 Å². The summed E-state index contributed by atoms with van der Waals surface area (Å²) in [5.74, 6) is 0.0300. The third-order valence-electron chi connectivity index (χ3n) is 3.29. The number of aromatic amines is 1. The molecule has 0 saturated carbocycles. The van der Waals surface area contributed by atoms with Crippen molar-refractivity contribution in [3.05, 3.63) is 65.7 Å². The molecule has 0 aliphatic rings. The van der Waals surface area contributed by atoms with Gasteiger partial charge < -0.3 is 14.5 Å². The summed E-state index contributed by atoms with van der Waals surface area (Å²) in [5.41, 5.74) is 2.23. The number of hydrogen-bond donors (Lipinski definition) is 1. The number of ether oxygens (including phenoxy) is 2. The van der Waals surface area contributed by atoms with E-state index in [4.69, 9.17) is 9.47 Å². The third kappa shape index (κ3) is 2.60. The summed E-state index contributed by atoms with van der Waals surface area (Å²) in [6.45, 7) is 0.238. The van der Waals surface area contributed by atoms with Gasteiger partial charge in [-0.2, -0.15) is 0 Å². The van der Waals surface area contributed by atoms with Crippen LogP contribution in [0, 0.1) is 0 Å². The van der Waals surface area contributed by atoms with Crippen molar-refractivity contribution < 1.29 is 14.3 Å². The lowest BCUT2D eigenvalue weighted by molar-refractivity contribution is 0.0471. The number of methoxy groups -OCH3 is 1. The predicted molar refractivity (Wildman–Crippen MR) is 80.4 cm³/mol. The SMILES string of the molecule is COc1[nH]c2ccccc2c1C(=O)OCc1ccccc1. The Balaban J connectivity index is 1.87. The minimum absolute atomic E-state index is 0.238. The molecule has 3 rings (SSSR count). The molecule has 1 heterocycles. The van der Waals surface area contributed by atoms with Gasteiger partial charge in [0.25, 0.3) is 0 Å². The number of benzene rings is 2. The molecule has 0 amide bonds. The van der Waals surface area contributed by atoms with E-state index >= 15 is 0 Å². The molecule has 0 bridgehead atoms. The third-order valence-corrected chi connectivity index (χ3v) is 3.29. The van der Waals surface area contributed by atoms with Crippen molar-refractivity contribution in [2.24, 2.45) is 0 Å². The molecule has 0 fully saturated rings. The lowest BCUT2D eigenvalue weighted by atomic mass is 10.1. The van der Waals surface area contributed by atoms with E-state index < -0.39 is 5.97 Å². The fourth-order valence-electron chi connectivity index (χ4n) is 2.27. The number of H-pyrrole nitrogens is 1. The molecule has 0 spiro atoms. The first kappa shape index (κ1) is 13.2. The predicted octanol–water partition coefficient (Wildman–Crippen LogP) is 3.53. The van der Waals surface area contributed by atoms with Crippen molar-refractivity contribution in [1.82, 2.24) is 4.98 Å². The van der Waals surface area contributed by atoms with Crippen molar-refractivity contribution in [2.45, 2.75) is 6.61 Å². The van der Waals surface area contributed by atoms with Gasteiger partial charge in [0, 0.05) is 10.9 Å². The van der Waals surface area contributed by atoms with Crippen LogP contribution in [0.1, 0.15) is 15.9 Å². The van der Waals surface area contributed by atoms with Crippen LogP contribution >= 0.6 is 0 Å². The summed E-state index contributed by atoms with van der Waals surface area (Å²) >= 11 is 0. The Morgan fingerprint density at radius 1 is 1.05 bits per heavy atom. The number of hydrogen-bond acceptors (Lipinski definition) is 3. The summed E-state index contributed by atoms with van der Waals surface area (Å²) in [4.78, 5) is 15.4. The molecule has 0 saturated heterocycles. The molecule has 4 heteroatoms. The second kappa shape index (κ2) is 5.71. The largest absolute Gasteiger partial charge is 0.482 e. The van der Waals surface area contributed by atoms with Gasteiger partial charge in [-0.25, -0.2) is 4.79 Å². The van der Waals surface area contributed by atoms with Crippen LogP contribution < -0.4 is 4.74 Å². The second-order valence-electron chi connectivity index (χ2n) is 4.64. The second-order valence-corrected chi connectivity index (χ2v) is 4.64. The topological polar surface area (TPSA) is 51.3 Å². The van der Waals surface area contributed by atoms with Crippen LogP contribution in [0.4, 0.5) is 0 Å². The van der Waals surface area contributed by atoms with Gasteiger partial charge in [-0.1, -0.05) is 48.5 Å². The Bertz CT molecular complexity index is 762. The summed E-state index contributed by atoms with van der Waals surface area (Å²) < 4.78 is 10.6. The van der Waals surface area contributed by atoms with E-state index in [9.17, 15) is 4.79 Å². The van der Waals surface area contributed by atoms with E-state index in [-0.39, 0.29) is 6.61 Å². The van der Waals surface area contributed by atoms with Gasteiger partial charge >= 0.3 is 5.97 Å². The molecule has 0 unspecified atom stereocenters. The molecule has 3 aromatic rings. The first-order chi connectivity index (χ1) is 10.3. The van der Waals surface area contributed by atoms with Gasteiger partial charge in [0.05, 0.1) is 7.11 Å². The quantitative estimate of drug-likeness (QED) is 0.744. The van der Waals surface area contributed by atoms with E-state index in [2.05, 4.69) is 4.98 Å². The van der Waals surface area contributed by atoms with E-state index in [1.165, 1.54) is 7.11 Å². The fourth-order valence-corrected chi connectivity index (χ4v) is 2.27. The zero-order chi connectivity index (χ0) is 14.7. The van der Waals surface area contributed by atoms with Crippen LogP contribution in [0.3, 0.4) is 0 Å². The monoisotopic (exact) mass is 281 g/mol. The van der Waals surface area contributed by atoms with Crippen LogP contribution in [0.25, 0.3) is 10.9 Å². The number of para-hydroxylation sites is 1. The van der Waals surface area contributed by atoms with Crippen LogP contribution in [-0.4, -0.2) is 18.1 Å². The molecular formula is C17H15NO3. The minimum Gasteiger partial charge on any atom is -0.482 e. The minimum atomic E-state index is -0.395. The molecule has 4 nitrogen and oxygen atoms in total. The average Bonchev–Trinajstić information content (AvgIpc) is 2.92. The first-order valence-electron chi connectivity index (χ1n) is 6.65. The highest BCUT2D eigenvalue weighted by Crippen LogP contribution is 2.28. The summed E-state index contributed by atoms with van der Waals surface area (Å²) in [5, 5.41) is 0.799. The summed E-state index contributed by atoms with van der Waals surface area (Å²) in [6.07, 6.45) is 0. The van der Waals surface area contributed by atoms with Gasteiger partial charge in [-0.15, -0.1) is 0 Å². The molecule has 2 aromatic carbocycles. The molecule has 0 radical (unpaired) electrons. The Hall–Kier alpha value is -2.75. The average molecular weight is 281 g/mol. The standard InChI is InChI=1S/C17H15NO3/c1-20-16-15(13-9-5-6-10-14(13)18-16)17(19)21-11-12-7-3-2-4-8-12/h2-10,18H,11H2,1H3. The lowest BCUT2D eigenvalue weighted by Crippen LogP contribution is -2.06. The van der Waals surface area contributed by atoms with Crippen LogP contribution in [0.5, 0.6) is 5.88 Å². The Kier molecular flexibility index (Phi) is 3.60. The van der Waals surface area contributed by atoms with Crippen LogP contribution in [-0.2, 0) is 11.3 Å². The van der Waals surface area contributed by atoms with E-state index in [0.29, 0.717) is 11.4 Å². The Morgan fingerprint density at radius 3 is 2.52 bits per heavy atom. The smallest absolute Gasteiger partial charge is 0.344 e. The van der Waals surface area contributed by atoms with Gasteiger partial charge in [0.15, 0.2) is 0 Å². The molecule has 0 atom stereocenters. The number of fused-ring (bicyclic) bond motifs is 1. The van der Waals surface area contributed by atoms with Crippen molar-refractivity contribution in [3.63, 3.8) is 0 Å². The maximum absolute atomic E-state index is 12.4. The van der Waals surface area contributed by atoms with E-state index in [1.54, 1.807) is 0 Å². The van der Waals surface area contributed by atoms with E-state index in [0.717, 1.165) is 16.5 Å². The lowest BCUT2D eigenvalue weighted by Gasteiger charge is -2.05. The van der Waals surface area contributed by atoms with E-state index in [1.807, 2.05) is 54.6 Å². The summed E-state index contributed by atoms with van der Waals surface area (Å²) in [7, 11) is 1.53.